The van der Waals surface area contributed by atoms with E-state index in [9.17, 15) is 10.1 Å². The summed E-state index contributed by atoms with van der Waals surface area (Å²) in [5.41, 5.74) is 1.73. The third-order valence-electron chi connectivity index (χ3n) is 5.86. The van der Waals surface area contributed by atoms with Crippen LogP contribution >= 0.6 is 0 Å². The van der Waals surface area contributed by atoms with Gasteiger partial charge in [0.1, 0.15) is 18.0 Å². The van der Waals surface area contributed by atoms with Crippen LogP contribution in [0.2, 0.25) is 0 Å². The fourth-order valence-electron chi connectivity index (χ4n) is 3.83. The average Bonchev–Trinajstić information content (AvgIpc) is 3.41. The van der Waals surface area contributed by atoms with Crippen molar-refractivity contribution in [1.82, 2.24) is 24.9 Å². The predicted molar refractivity (Wildman–Crippen MR) is 137 cm³/mol. The van der Waals surface area contributed by atoms with Crippen LogP contribution in [-0.2, 0) is 5.41 Å². The lowest BCUT2D eigenvalue weighted by molar-refractivity contribution is 0.102. The number of anilines is 4. The molecule has 0 saturated carbocycles. The van der Waals surface area contributed by atoms with E-state index >= 15 is 4.39 Å². The molecule has 0 aliphatic rings. The molecule has 0 atom stereocenters. The van der Waals surface area contributed by atoms with Gasteiger partial charge in [0.05, 0.1) is 23.5 Å². The predicted octanol–water partition coefficient (Wildman–Crippen LogP) is 5.41. The highest BCUT2D eigenvalue weighted by Crippen LogP contribution is 2.37. The number of nitrogens with zero attached hydrogens (tertiary/aromatic N) is 6. The van der Waals surface area contributed by atoms with Crippen LogP contribution in [0.15, 0.2) is 79.5 Å². The minimum Gasteiger partial charge on any atom is -0.329 e. The van der Waals surface area contributed by atoms with Gasteiger partial charge in [-0.15, -0.1) is 0 Å². The van der Waals surface area contributed by atoms with Gasteiger partial charge in [-0.25, -0.2) is 24.3 Å². The Balaban J connectivity index is 1.55. The summed E-state index contributed by atoms with van der Waals surface area (Å²) in [6.07, 6.45) is 4.42. The highest BCUT2D eigenvalue weighted by atomic mass is 19.1. The van der Waals surface area contributed by atoms with Gasteiger partial charge in [-0.2, -0.15) is 5.26 Å². The second kappa shape index (κ2) is 9.47. The summed E-state index contributed by atoms with van der Waals surface area (Å²) in [7, 11) is 0. The van der Waals surface area contributed by atoms with Crippen molar-refractivity contribution in [2.75, 3.05) is 10.2 Å². The molecule has 182 valence electrons. The molecule has 2 aromatic carbocycles. The summed E-state index contributed by atoms with van der Waals surface area (Å²) in [5.74, 6) is -0.226. The number of carbonyl (C=O) groups is 1. The highest BCUT2D eigenvalue weighted by molar-refractivity contribution is 6.04. The number of carbonyl (C=O) groups excluding carboxylic acids is 1. The van der Waals surface area contributed by atoms with Crippen molar-refractivity contribution in [3.8, 4) is 6.07 Å². The molecule has 0 radical (unpaired) electrons. The van der Waals surface area contributed by atoms with Crippen LogP contribution in [0, 0.1) is 17.1 Å². The van der Waals surface area contributed by atoms with E-state index in [1.54, 1.807) is 62.5 Å². The Kier molecular flexibility index (Phi) is 6.03. The van der Waals surface area contributed by atoms with Gasteiger partial charge in [0.15, 0.2) is 17.0 Å². The molecule has 2 N–H and O–H groups in total. The molecule has 3 aromatic heterocycles. The first-order valence-corrected chi connectivity index (χ1v) is 11.4. The molecular weight excluding hydrogens is 471 g/mol. The minimum atomic E-state index is -0.752. The Bertz CT molecular complexity index is 1640. The molecule has 3 heterocycles. The molecule has 9 nitrogen and oxygen atoms in total. The third-order valence-corrected chi connectivity index (χ3v) is 5.86. The largest absolute Gasteiger partial charge is 0.329 e. The topological polar surface area (TPSA) is 123 Å². The molecule has 0 aliphatic carbocycles. The molecular formula is C27H21FN8O. The van der Waals surface area contributed by atoms with E-state index in [4.69, 9.17) is 0 Å². The van der Waals surface area contributed by atoms with Gasteiger partial charge in [-0.1, -0.05) is 18.2 Å². The average molecular weight is 493 g/mol. The zero-order valence-electron chi connectivity index (χ0n) is 20.0. The molecule has 37 heavy (non-hydrogen) atoms. The van der Waals surface area contributed by atoms with Crippen LogP contribution in [0.3, 0.4) is 0 Å². The van der Waals surface area contributed by atoms with Gasteiger partial charge >= 0.3 is 0 Å². The maximum atomic E-state index is 15.3. The number of aromatic nitrogens is 5. The van der Waals surface area contributed by atoms with Crippen LogP contribution in [0.25, 0.3) is 11.2 Å². The van der Waals surface area contributed by atoms with E-state index in [1.807, 2.05) is 0 Å². The number of amides is 1. The number of fused-ring (bicyclic) bond motifs is 1. The highest BCUT2D eigenvalue weighted by Gasteiger charge is 2.24. The Morgan fingerprint density at radius 2 is 1.92 bits per heavy atom. The number of halogens is 1. The molecule has 10 heteroatoms. The van der Waals surface area contributed by atoms with Crippen molar-refractivity contribution in [3.63, 3.8) is 0 Å². The molecule has 5 aromatic rings. The molecule has 0 bridgehead atoms. The number of rotatable bonds is 6. The van der Waals surface area contributed by atoms with Crippen LogP contribution in [0.1, 0.15) is 29.8 Å². The summed E-state index contributed by atoms with van der Waals surface area (Å²) < 4.78 is 15.3. The van der Waals surface area contributed by atoms with Crippen LogP contribution in [0.5, 0.6) is 0 Å². The van der Waals surface area contributed by atoms with E-state index < -0.39 is 17.1 Å². The van der Waals surface area contributed by atoms with Crippen molar-refractivity contribution in [2.45, 2.75) is 19.3 Å². The quantitative estimate of drug-likeness (QED) is 0.325. The van der Waals surface area contributed by atoms with Gasteiger partial charge in [0.25, 0.3) is 5.91 Å². The first-order chi connectivity index (χ1) is 17.9. The molecule has 0 fully saturated rings. The van der Waals surface area contributed by atoms with Crippen molar-refractivity contribution < 1.29 is 9.18 Å². The summed E-state index contributed by atoms with van der Waals surface area (Å²) >= 11 is 0. The van der Waals surface area contributed by atoms with Gasteiger partial charge in [-0.05, 0) is 61.9 Å². The van der Waals surface area contributed by atoms with E-state index in [2.05, 4.69) is 36.3 Å². The zero-order valence-corrected chi connectivity index (χ0v) is 20.0. The number of H-pyrrole nitrogens is 1. The first kappa shape index (κ1) is 23.6. The Morgan fingerprint density at radius 3 is 2.70 bits per heavy atom. The monoisotopic (exact) mass is 492 g/mol. The summed E-state index contributed by atoms with van der Waals surface area (Å²) in [5, 5.41) is 12.3. The van der Waals surface area contributed by atoms with Crippen molar-refractivity contribution in [2.24, 2.45) is 0 Å². The van der Waals surface area contributed by atoms with E-state index in [0.717, 1.165) is 5.56 Å². The summed E-state index contributed by atoms with van der Waals surface area (Å²) in [6.45, 7) is 3.57. The number of nitrogens with one attached hydrogen (secondary N) is 2. The van der Waals surface area contributed by atoms with E-state index in [-0.39, 0.29) is 5.69 Å². The van der Waals surface area contributed by atoms with Crippen molar-refractivity contribution in [1.29, 1.82) is 5.26 Å². The zero-order chi connectivity index (χ0) is 26.0. The second-order valence-corrected chi connectivity index (χ2v) is 8.76. The fourth-order valence-corrected chi connectivity index (χ4v) is 3.83. The normalized spacial score (nSPS) is 11.2. The van der Waals surface area contributed by atoms with Gasteiger partial charge in [-0.3, -0.25) is 9.69 Å². The molecule has 1 amide bonds. The molecule has 5 rings (SSSR count). The molecule has 0 spiro atoms. The lowest BCUT2D eigenvalue weighted by Gasteiger charge is -2.24. The maximum Gasteiger partial charge on any atom is 0.255 e. The number of aromatic amines is 1. The SMILES string of the molecule is CC(C)(C#N)c1cccc(C(=O)Nc2ccc(F)c(N(c3ccccn3)c3ncnc4[nH]cnc34)c2)c1. The van der Waals surface area contributed by atoms with Gasteiger partial charge < -0.3 is 10.3 Å². The lowest BCUT2D eigenvalue weighted by atomic mass is 9.85. The minimum absolute atomic E-state index is 0.110. The van der Waals surface area contributed by atoms with Gasteiger partial charge in [0, 0.05) is 17.4 Å². The van der Waals surface area contributed by atoms with E-state index in [0.29, 0.717) is 34.1 Å². The number of benzene rings is 2. The van der Waals surface area contributed by atoms with Crippen molar-refractivity contribution in [3.05, 3.63) is 96.5 Å². The van der Waals surface area contributed by atoms with Crippen LogP contribution in [0.4, 0.5) is 27.4 Å². The van der Waals surface area contributed by atoms with Crippen LogP contribution < -0.4 is 10.2 Å². The lowest BCUT2D eigenvalue weighted by Crippen LogP contribution is -2.18. The number of imidazole rings is 1. The number of hydrogen-bond donors (Lipinski definition) is 2. The first-order valence-electron chi connectivity index (χ1n) is 11.4. The second-order valence-electron chi connectivity index (χ2n) is 8.76. The van der Waals surface area contributed by atoms with E-state index in [1.165, 1.54) is 35.8 Å². The maximum absolute atomic E-state index is 15.3. The number of pyridine rings is 1. The Labute approximate surface area is 211 Å². The Hall–Kier alpha value is -5.17. The standard InChI is InChI=1S/C27H21FN8O/c1-27(2,14-29)18-7-5-6-17(12-18)26(37)35-19-9-10-20(28)21(13-19)36(22-8-3-4-11-30-22)25-23-24(32-15-31-23)33-16-34-25/h3-13,15-16H,1-2H3,(H,35,37)(H,31,32,33,34). The fraction of sp³-hybridized carbons (Fsp3) is 0.111. The molecule has 0 aliphatic heterocycles. The third kappa shape index (κ3) is 4.58. The Morgan fingerprint density at radius 1 is 1.05 bits per heavy atom. The number of hydrogen-bond acceptors (Lipinski definition) is 7. The van der Waals surface area contributed by atoms with Crippen LogP contribution in [-0.4, -0.2) is 30.8 Å². The smallest absolute Gasteiger partial charge is 0.255 e. The molecule has 0 unspecified atom stereocenters. The summed E-state index contributed by atoms with van der Waals surface area (Å²) in [6, 6.07) is 18.6. The molecule has 0 saturated heterocycles. The summed E-state index contributed by atoms with van der Waals surface area (Å²) in [4.78, 5) is 34.7. The van der Waals surface area contributed by atoms with Gasteiger partial charge in [0.2, 0.25) is 0 Å². The number of nitriles is 1. The van der Waals surface area contributed by atoms with Crippen molar-refractivity contribution >= 4 is 40.1 Å².